The van der Waals surface area contributed by atoms with Crippen LogP contribution in [0.2, 0.25) is 0 Å². The molecule has 0 fully saturated rings. The molecule has 1 aromatic rings. The number of carbonyl (C=O) groups is 1. The average molecular weight is 199 g/mol. The van der Waals surface area contributed by atoms with Gasteiger partial charge in [0.2, 0.25) is 5.82 Å². The van der Waals surface area contributed by atoms with E-state index < -0.39 is 28.0 Å². The standard InChI is InChI=1S/C8H6FNO4/c1-4(11)5-2-6(9)7(10(13)14)3-8(5)12/h2-3,12H,1H3. The van der Waals surface area contributed by atoms with Crippen LogP contribution in [0.3, 0.4) is 0 Å². The van der Waals surface area contributed by atoms with E-state index in [1.165, 1.54) is 0 Å². The van der Waals surface area contributed by atoms with E-state index in [1.54, 1.807) is 0 Å². The average Bonchev–Trinajstić information content (AvgIpc) is 2.07. The quantitative estimate of drug-likeness (QED) is 0.446. The first-order valence-electron chi connectivity index (χ1n) is 3.61. The Morgan fingerprint density at radius 3 is 2.57 bits per heavy atom. The lowest BCUT2D eigenvalue weighted by Crippen LogP contribution is -1.98. The molecular formula is C8H6FNO4. The molecule has 74 valence electrons. The number of nitro benzene ring substituents is 1. The highest BCUT2D eigenvalue weighted by atomic mass is 19.1. The fourth-order valence-corrected chi connectivity index (χ4v) is 0.973. The molecule has 0 aliphatic heterocycles. The summed E-state index contributed by atoms with van der Waals surface area (Å²) in [4.78, 5) is 20.1. The van der Waals surface area contributed by atoms with Gasteiger partial charge in [-0.05, 0) is 13.0 Å². The topological polar surface area (TPSA) is 80.4 Å². The van der Waals surface area contributed by atoms with Gasteiger partial charge in [0.05, 0.1) is 16.6 Å². The summed E-state index contributed by atoms with van der Waals surface area (Å²) < 4.78 is 12.9. The van der Waals surface area contributed by atoms with Crippen LogP contribution >= 0.6 is 0 Å². The van der Waals surface area contributed by atoms with Gasteiger partial charge < -0.3 is 5.11 Å². The SMILES string of the molecule is CC(=O)c1cc(F)c([N+](=O)[O-])cc1O. The molecular weight excluding hydrogens is 193 g/mol. The van der Waals surface area contributed by atoms with E-state index in [2.05, 4.69) is 0 Å². The molecule has 1 N–H and O–H groups in total. The van der Waals surface area contributed by atoms with Crippen LogP contribution in [-0.4, -0.2) is 15.8 Å². The highest BCUT2D eigenvalue weighted by Crippen LogP contribution is 2.26. The van der Waals surface area contributed by atoms with Crippen LogP contribution in [0.15, 0.2) is 12.1 Å². The van der Waals surface area contributed by atoms with Gasteiger partial charge in [-0.15, -0.1) is 0 Å². The summed E-state index contributed by atoms with van der Waals surface area (Å²) in [5.74, 6) is -2.29. The molecule has 0 spiro atoms. The molecule has 1 aromatic carbocycles. The van der Waals surface area contributed by atoms with Crippen LogP contribution in [0.5, 0.6) is 5.75 Å². The molecule has 6 heteroatoms. The molecule has 0 saturated heterocycles. The zero-order valence-corrected chi connectivity index (χ0v) is 7.15. The molecule has 0 heterocycles. The van der Waals surface area contributed by atoms with Crippen molar-refractivity contribution in [3.63, 3.8) is 0 Å². The van der Waals surface area contributed by atoms with Crippen molar-refractivity contribution in [2.24, 2.45) is 0 Å². The Hall–Kier alpha value is -1.98. The first kappa shape index (κ1) is 10.1. The minimum Gasteiger partial charge on any atom is -0.507 e. The molecule has 1 rings (SSSR count). The Kier molecular flexibility index (Phi) is 2.46. The van der Waals surface area contributed by atoms with Crippen molar-refractivity contribution in [2.45, 2.75) is 6.92 Å². The minimum absolute atomic E-state index is 0.270. The molecule has 0 bridgehead atoms. The highest BCUT2D eigenvalue weighted by Gasteiger charge is 2.19. The van der Waals surface area contributed by atoms with Gasteiger partial charge in [0.25, 0.3) is 0 Å². The van der Waals surface area contributed by atoms with Crippen molar-refractivity contribution in [3.05, 3.63) is 33.6 Å². The summed E-state index contributed by atoms with van der Waals surface area (Å²) in [5, 5.41) is 19.4. The van der Waals surface area contributed by atoms with Crippen LogP contribution < -0.4 is 0 Å². The molecule has 0 unspecified atom stereocenters. The lowest BCUT2D eigenvalue weighted by Gasteiger charge is -2.00. The van der Waals surface area contributed by atoms with Gasteiger partial charge >= 0.3 is 5.69 Å². The summed E-state index contributed by atoms with van der Waals surface area (Å²) in [6.07, 6.45) is 0. The van der Waals surface area contributed by atoms with Crippen LogP contribution in [0.25, 0.3) is 0 Å². The molecule has 0 aliphatic rings. The van der Waals surface area contributed by atoms with Gasteiger partial charge in [-0.1, -0.05) is 0 Å². The lowest BCUT2D eigenvalue weighted by atomic mass is 10.1. The zero-order chi connectivity index (χ0) is 10.9. The second-order valence-corrected chi connectivity index (χ2v) is 2.63. The van der Waals surface area contributed by atoms with Crippen molar-refractivity contribution in [1.29, 1.82) is 0 Å². The van der Waals surface area contributed by atoms with Gasteiger partial charge in [-0.25, -0.2) is 0 Å². The Morgan fingerprint density at radius 2 is 2.14 bits per heavy atom. The number of halogens is 1. The maximum absolute atomic E-state index is 12.9. The second-order valence-electron chi connectivity index (χ2n) is 2.63. The van der Waals surface area contributed by atoms with Crippen molar-refractivity contribution in [1.82, 2.24) is 0 Å². The van der Waals surface area contributed by atoms with E-state index in [4.69, 9.17) is 5.11 Å². The monoisotopic (exact) mass is 199 g/mol. The maximum atomic E-state index is 12.9. The van der Waals surface area contributed by atoms with E-state index in [0.717, 1.165) is 6.92 Å². The Bertz CT molecular complexity index is 376. The summed E-state index contributed by atoms with van der Waals surface area (Å²) in [6, 6.07) is 1.27. The Labute approximate surface area is 77.9 Å². The molecule has 0 atom stereocenters. The molecule has 0 aliphatic carbocycles. The first-order chi connectivity index (χ1) is 6.43. The number of aromatic hydroxyl groups is 1. The number of rotatable bonds is 2. The fraction of sp³-hybridized carbons (Fsp3) is 0.125. The first-order valence-corrected chi connectivity index (χ1v) is 3.61. The van der Waals surface area contributed by atoms with E-state index in [-0.39, 0.29) is 5.56 Å². The largest absolute Gasteiger partial charge is 0.507 e. The normalized spacial score (nSPS) is 9.86. The second kappa shape index (κ2) is 3.41. The Morgan fingerprint density at radius 1 is 1.57 bits per heavy atom. The zero-order valence-electron chi connectivity index (χ0n) is 7.15. The lowest BCUT2D eigenvalue weighted by molar-refractivity contribution is -0.387. The number of hydrogen-bond donors (Lipinski definition) is 1. The predicted octanol–water partition coefficient (Wildman–Crippen LogP) is 1.64. The molecule has 0 aromatic heterocycles. The smallest absolute Gasteiger partial charge is 0.308 e. The number of nitro groups is 1. The van der Waals surface area contributed by atoms with Crippen LogP contribution in [0.4, 0.5) is 10.1 Å². The van der Waals surface area contributed by atoms with Crippen LogP contribution in [-0.2, 0) is 0 Å². The molecule has 0 radical (unpaired) electrons. The van der Waals surface area contributed by atoms with Crippen molar-refractivity contribution in [2.75, 3.05) is 0 Å². The summed E-state index contributed by atoms with van der Waals surface area (Å²) in [6.45, 7) is 1.13. The maximum Gasteiger partial charge on any atom is 0.308 e. The highest BCUT2D eigenvalue weighted by molar-refractivity contribution is 5.97. The number of hydrogen-bond acceptors (Lipinski definition) is 4. The third kappa shape index (κ3) is 1.68. The van der Waals surface area contributed by atoms with E-state index in [1.807, 2.05) is 0 Å². The number of benzene rings is 1. The van der Waals surface area contributed by atoms with Crippen molar-refractivity contribution in [3.8, 4) is 5.75 Å². The number of ketones is 1. The molecule has 0 amide bonds. The van der Waals surface area contributed by atoms with Gasteiger partial charge in [0.15, 0.2) is 5.78 Å². The van der Waals surface area contributed by atoms with Crippen LogP contribution in [0, 0.1) is 15.9 Å². The van der Waals surface area contributed by atoms with Crippen LogP contribution in [0.1, 0.15) is 17.3 Å². The summed E-state index contributed by atoms with van der Waals surface area (Å²) in [5.41, 5.74) is -1.12. The third-order valence-corrected chi connectivity index (χ3v) is 1.64. The summed E-state index contributed by atoms with van der Waals surface area (Å²) >= 11 is 0. The number of carbonyl (C=O) groups excluding carboxylic acids is 1. The Balaban J connectivity index is 3.38. The van der Waals surface area contributed by atoms with E-state index in [0.29, 0.717) is 12.1 Å². The number of nitrogens with zero attached hydrogens (tertiary/aromatic N) is 1. The molecule has 0 saturated carbocycles. The van der Waals surface area contributed by atoms with Gasteiger partial charge in [0, 0.05) is 0 Å². The van der Waals surface area contributed by atoms with E-state index in [9.17, 15) is 19.3 Å². The number of Topliss-reactive ketones (excluding diaryl/α,β-unsaturated/α-hetero) is 1. The van der Waals surface area contributed by atoms with Crippen molar-refractivity contribution >= 4 is 11.5 Å². The molecule has 5 nitrogen and oxygen atoms in total. The summed E-state index contributed by atoms with van der Waals surface area (Å²) in [7, 11) is 0. The fourth-order valence-electron chi connectivity index (χ4n) is 0.973. The third-order valence-electron chi connectivity index (χ3n) is 1.64. The predicted molar refractivity (Wildman–Crippen MR) is 44.7 cm³/mol. The van der Waals surface area contributed by atoms with Gasteiger partial charge in [-0.2, -0.15) is 4.39 Å². The minimum atomic E-state index is -1.14. The number of phenols is 1. The van der Waals surface area contributed by atoms with Gasteiger partial charge in [0.1, 0.15) is 5.75 Å². The number of phenolic OH excluding ortho intramolecular Hbond substituents is 1. The van der Waals surface area contributed by atoms with Gasteiger partial charge in [-0.3, -0.25) is 14.9 Å². The van der Waals surface area contributed by atoms with Crippen molar-refractivity contribution < 1.29 is 19.2 Å². The van der Waals surface area contributed by atoms with E-state index >= 15 is 0 Å². The molecule has 14 heavy (non-hydrogen) atoms.